The SMILES string of the molecule is CCc1nc(NC(=O)C(C)(C)C)nc2[nH]ccc12. The average molecular weight is 246 g/mol. The van der Waals surface area contributed by atoms with Crippen LogP contribution in [0.1, 0.15) is 33.4 Å². The van der Waals surface area contributed by atoms with Crippen LogP contribution in [0.5, 0.6) is 0 Å². The lowest BCUT2D eigenvalue weighted by molar-refractivity contribution is -0.123. The van der Waals surface area contributed by atoms with E-state index in [-0.39, 0.29) is 5.91 Å². The number of H-pyrrole nitrogens is 1. The second-order valence-electron chi connectivity index (χ2n) is 5.29. The first-order chi connectivity index (χ1) is 8.41. The van der Waals surface area contributed by atoms with Crippen molar-refractivity contribution in [2.24, 2.45) is 5.41 Å². The number of carbonyl (C=O) groups excluding carboxylic acids is 1. The number of carbonyl (C=O) groups is 1. The van der Waals surface area contributed by atoms with Crippen molar-refractivity contribution in [2.45, 2.75) is 34.1 Å². The number of fused-ring (bicyclic) bond motifs is 1. The molecule has 96 valence electrons. The van der Waals surface area contributed by atoms with Crippen LogP contribution in [0.4, 0.5) is 5.95 Å². The Hall–Kier alpha value is -1.91. The molecule has 0 saturated heterocycles. The van der Waals surface area contributed by atoms with Crippen LogP contribution in [-0.4, -0.2) is 20.9 Å². The first-order valence-electron chi connectivity index (χ1n) is 6.07. The van der Waals surface area contributed by atoms with Gasteiger partial charge in [0, 0.05) is 17.0 Å². The van der Waals surface area contributed by atoms with E-state index in [1.165, 1.54) is 0 Å². The van der Waals surface area contributed by atoms with Gasteiger partial charge in [-0.15, -0.1) is 0 Å². The Morgan fingerprint density at radius 2 is 2.11 bits per heavy atom. The van der Waals surface area contributed by atoms with Gasteiger partial charge in [-0.2, -0.15) is 4.98 Å². The lowest BCUT2D eigenvalue weighted by atomic mass is 9.96. The zero-order chi connectivity index (χ0) is 13.3. The first-order valence-corrected chi connectivity index (χ1v) is 6.07. The minimum atomic E-state index is -0.458. The minimum absolute atomic E-state index is 0.0875. The van der Waals surface area contributed by atoms with Gasteiger partial charge in [0.2, 0.25) is 11.9 Å². The van der Waals surface area contributed by atoms with Gasteiger partial charge in [0.1, 0.15) is 5.65 Å². The lowest BCUT2D eigenvalue weighted by Crippen LogP contribution is -2.28. The molecular formula is C13H18N4O. The molecule has 0 aliphatic carbocycles. The maximum absolute atomic E-state index is 11.9. The van der Waals surface area contributed by atoms with E-state index < -0.39 is 5.41 Å². The van der Waals surface area contributed by atoms with E-state index in [0.29, 0.717) is 5.95 Å². The highest BCUT2D eigenvalue weighted by atomic mass is 16.2. The Kier molecular flexibility index (Phi) is 3.07. The molecule has 0 bridgehead atoms. The highest BCUT2D eigenvalue weighted by Gasteiger charge is 2.22. The minimum Gasteiger partial charge on any atom is -0.346 e. The van der Waals surface area contributed by atoms with E-state index in [4.69, 9.17) is 0 Å². The number of rotatable bonds is 2. The van der Waals surface area contributed by atoms with E-state index in [1.54, 1.807) is 0 Å². The van der Waals surface area contributed by atoms with Crippen LogP contribution in [0.2, 0.25) is 0 Å². The summed E-state index contributed by atoms with van der Waals surface area (Å²) >= 11 is 0. The van der Waals surface area contributed by atoms with Crippen molar-refractivity contribution in [1.29, 1.82) is 0 Å². The summed E-state index contributed by atoms with van der Waals surface area (Å²) in [6.07, 6.45) is 2.63. The predicted octanol–water partition coefficient (Wildman–Crippen LogP) is 2.50. The van der Waals surface area contributed by atoms with Crippen molar-refractivity contribution in [3.8, 4) is 0 Å². The number of nitrogens with one attached hydrogen (secondary N) is 2. The molecule has 0 unspecified atom stereocenters. The van der Waals surface area contributed by atoms with E-state index in [1.807, 2.05) is 40.0 Å². The van der Waals surface area contributed by atoms with Gasteiger partial charge in [-0.1, -0.05) is 27.7 Å². The van der Waals surface area contributed by atoms with Crippen molar-refractivity contribution in [3.63, 3.8) is 0 Å². The molecule has 2 N–H and O–H groups in total. The van der Waals surface area contributed by atoms with Crippen LogP contribution >= 0.6 is 0 Å². The van der Waals surface area contributed by atoms with Gasteiger partial charge >= 0.3 is 0 Å². The number of aromatic amines is 1. The molecular weight excluding hydrogens is 228 g/mol. The lowest BCUT2D eigenvalue weighted by Gasteiger charge is -2.16. The molecule has 0 fully saturated rings. The third-order valence-corrected chi connectivity index (χ3v) is 2.74. The van der Waals surface area contributed by atoms with Crippen LogP contribution < -0.4 is 5.32 Å². The molecule has 1 amide bonds. The molecule has 0 saturated carbocycles. The number of hydrogen-bond donors (Lipinski definition) is 2. The molecule has 2 rings (SSSR count). The summed E-state index contributed by atoms with van der Waals surface area (Å²) in [5.74, 6) is 0.275. The molecule has 2 heterocycles. The monoisotopic (exact) mass is 246 g/mol. The summed E-state index contributed by atoms with van der Waals surface area (Å²) in [5.41, 5.74) is 1.23. The maximum Gasteiger partial charge on any atom is 0.232 e. The molecule has 2 aromatic heterocycles. The van der Waals surface area contributed by atoms with Gasteiger partial charge in [-0.25, -0.2) is 4.98 Å². The van der Waals surface area contributed by atoms with Crippen LogP contribution in [0, 0.1) is 5.41 Å². The number of hydrogen-bond acceptors (Lipinski definition) is 3. The van der Waals surface area contributed by atoms with Crippen LogP contribution in [0.15, 0.2) is 12.3 Å². The van der Waals surface area contributed by atoms with Gasteiger partial charge in [-0.3, -0.25) is 10.1 Å². The summed E-state index contributed by atoms with van der Waals surface area (Å²) in [6.45, 7) is 7.60. The van der Waals surface area contributed by atoms with Crippen LogP contribution in [0.3, 0.4) is 0 Å². The third kappa shape index (κ3) is 2.34. The number of nitrogens with zero attached hydrogens (tertiary/aromatic N) is 2. The summed E-state index contributed by atoms with van der Waals surface area (Å²) < 4.78 is 0. The molecule has 0 spiro atoms. The molecule has 0 atom stereocenters. The second-order valence-corrected chi connectivity index (χ2v) is 5.29. The van der Waals surface area contributed by atoms with Gasteiger partial charge in [0.05, 0.1) is 5.69 Å². The first kappa shape index (κ1) is 12.5. The zero-order valence-corrected chi connectivity index (χ0v) is 11.2. The Morgan fingerprint density at radius 1 is 1.39 bits per heavy atom. The maximum atomic E-state index is 11.9. The Balaban J connectivity index is 2.37. The fourth-order valence-electron chi connectivity index (χ4n) is 1.62. The highest BCUT2D eigenvalue weighted by molar-refractivity contribution is 5.93. The van der Waals surface area contributed by atoms with Crippen LogP contribution in [-0.2, 0) is 11.2 Å². The summed E-state index contributed by atoms with van der Waals surface area (Å²) in [4.78, 5) is 23.6. The zero-order valence-electron chi connectivity index (χ0n) is 11.2. The summed E-state index contributed by atoms with van der Waals surface area (Å²) in [5, 5.41) is 3.76. The third-order valence-electron chi connectivity index (χ3n) is 2.74. The smallest absolute Gasteiger partial charge is 0.232 e. The molecule has 0 aromatic carbocycles. The number of anilines is 1. The van der Waals surface area contributed by atoms with E-state index >= 15 is 0 Å². The summed E-state index contributed by atoms with van der Waals surface area (Å²) in [7, 11) is 0. The second kappa shape index (κ2) is 4.40. The fourth-order valence-corrected chi connectivity index (χ4v) is 1.62. The summed E-state index contributed by atoms with van der Waals surface area (Å²) in [6, 6.07) is 1.95. The highest BCUT2D eigenvalue weighted by Crippen LogP contribution is 2.19. The molecule has 5 nitrogen and oxygen atoms in total. The van der Waals surface area contributed by atoms with E-state index in [0.717, 1.165) is 23.1 Å². The predicted molar refractivity (Wildman–Crippen MR) is 71.4 cm³/mol. The van der Waals surface area contributed by atoms with Crippen LogP contribution in [0.25, 0.3) is 11.0 Å². The van der Waals surface area contributed by atoms with Crippen molar-refractivity contribution >= 4 is 22.9 Å². The normalized spacial score (nSPS) is 11.8. The quantitative estimate of drug-likeness (QED) is 0.855. The van der Waals surface area contributed by atoms with E-state index in [2.05, 4.69) is 20.3 Å². The van der Waals surface area contributed by atoms with Gasteiger partial charge in [0.15, 0.2) is 0 Å². The molecule has 2 aromatic rings. The molecule has 18 heavy (non-hydrogen) atoms. The molecule has 0 radical (unpaired) electrons. The molecule has 0 aliphatic heterocycles. The number of amides is 1. The number of aryl methyl sites for hydroxylation is 1. The topological polar surface area (TPSA) is 70.7 Å². The standard InChI is InChI=1S/C13H18N4O/c1-5-9-8-6-7-14-10(8)16-12(15-9)17-11(18)13(2,3)4/h6-7H,5H2,1-4H3,(H2,14,15,16,17,18). The fraction of sp³-hybridized carbons (Fsp3) is 0.462. The average Bonchev–Trinajstić information content (AvgIpc) is 2.74. The van der Waals surface area contributed by atoms with Gasteiger partial charge in [0.25, 0.3) is 0 Å². The Bertz CT molecular complexity index is 580. The van der Waals surface area contributed by atoms with Crippen molar-refractivity contribution < 1.29 is 4.79 Å². The van der Waals surface area contributed by atoms with Crippen molar-refractivity contribution in [2.75, 3.05) is 5.32 Å². The van der Waals surface area contributed by atoms with Crippen molar-refractivity contribution in [3.05, 3.63) is 18.0 Å². The van der Waals surface area contributed by atoms with Crippen molar-refractivity contribution in [1.82, 2.24) is 15.0 Å². The Labute approximate surface area is 106 Å². The van der Waals surface area contributed by atoms with E-state index in [9.17, 15) is 4.79 Å². The largest absolute Gasteiger partial charge is 0.346 e. The van der Waals surface area contributed by atoms with Gasteiger partial charge in [-0.05, 0) is 12.5 Å². The number of aromatic nitrogens is 3. The van der Waals surface area contributed by atoms with Gasteiger partial charge < -0.3 is 4.98 Å². The Morgan fingerprint density at radius 3 is 2.72 bits per heavy atom. The molecule has 5 heteroatoms. The molecule has 0 aliphatic rings.